The highest BCUT2D eigenvalue weighted by molar-refractivity contribution is 7.22. The summed E-state index contributed by atoms with van der Waals surface area (Å²) in [5, 5.41) is 3.44. The van der Waals surface area contributed by atoms with Crippen LogP contribution in [0, 0.1) is 6.92 Å². The fourth-order valence-electron chi connectivity index (χ4n) is 3.03. The molecule has 0 unspecified atom stereocenters. The third kappa shape index (κ3) is 4.46. The lowest BCUT2D eigenvalue weighted by Gasteiger charge is -2.00. The summed E-state index contributed by atoms with van der Waals surface area (Å²) in [6.45, 7) is 4.47. The Hall–Kier alpha value is -3.19. The maximum atomic E-state index is 12.4. The summed E-state index contributed by atoms with van der Waals surface area (Å²) in [7, 11) is 0. The Balaban J connectivity index is 1.38. The van der Waals surface area contributed by atoms with E-state index in [1.165, 1.54) is 11.3 Å². The van der Waals surface area contributed by atoms with E-state index in [1.54, 1.807) is 0 Å². The zero-order valence-electron chi connectivity index (χ0n) is 16.3. The lowest BCUT2D eigenvalue weighted by Crippen LogP contribution is -2.12. The zero-order valence-corrected chi connectivity index (χ0v) is 17.1. The molecule has 7 heteroatoms. The fraction of sp³-hybridized carbons (Fsp3) is 0.227. The molecule has 0 aliphatic carbocycles. The van der Waals surface area contributed by atoms with Gasteiger partial charge in [-0.05, 0) is 32.0 Å². The Morgan fingerprint density at radius 1 is 1.17 bits per heavy atom. The van der Waals surface area contributed by atoms with E-state index in [1.807, 2.05) is 62.4 Å². The molecule has 2 aromatic carbocycles. The molecule has 1 amide bonds. The Morgan fingerprint density at radius 2 is 2.00 bits per heavy atom. The monoisotopic (exact) mass is 407 g/mol. The first kappa shape index (κ1) is 19.1. The largest absolute Gasteiger partial charge is 0.494 e. The average Bonchev–Trinajstić information content (AvgIpc) is 3.29. The SMILES string of the molecule is CCOc1ccc2nc(NC(=O)CCc3nc(C)c(-c4ccccc4)o3)sc2c1. The van der Waals surface area contributed by atoms with Crippen molar-refractivity contribution in [1.82, 2.24) is 9.97 Å². The molecule has 29 heavy (non-hydrogen) atoms. The van der Waals surface area contributed by atoms with E-state index < -0.39 is 0 Å². The first-order valence-electron chi connectivity index (χ1n) is 9.47. The van der Waals surface area contributed by atoms with Crippen LogP contribution in [0.1, 0.15) is 24.9 Å². The molecule has 2 heterocycles. The summed E-state index contributed by atoms with van der Waals surface area (Å²) in [6, 6.07) is 15.5. The molecule has 0 aliphatic heterocycles. The molecule has 0 fully saturated rings. The average molecular weight is 407 g/mol. The van der Waals surface area contributed by atoms with Crippen LogP contribution in [0.5, 0.6) is 5.75 Å². The number of benzene rings is 2. The van der Waals surface area contributed by atoms with Crippen molar-refractivity contribution in [3.63, 3.8) is 0 Å². The molecule has 148 valence electrons. The first-order valence-corrected chi connectivity index (χ1v) is 10.3. The summed E-state index contributed by atoms with van der Waals surface area (Å²) < 4.78 is 12.4. The molecule has 0 saturated heterocycles. The maximum absolute atomic E-state index is 12.4. The van der Waals surface area contributed by atoms with Gasteiger partial charge in [-0.1, -0.05) is 41.7 Å². The molecule has 0 atom stereocenters. The number of nitrogens with one attached hydrogen (secondary N) is 1. The van der Waals surface area contributed by atoms with E-state index in [-0.39, 0.29) is 12.3 Å². The van der Waals surface area contributed by atoms with E-state index in [0.29, 0.717) is 24.0 Å². The van der Waals surface area contributed by atoms with Crippen LogP contribution in [0.2, 0.25) is 0 Å². The standard InChI is InChI=1S/C22H21N3O3S/c1-3-27-16-9-10-17-18(13-16)29-22(24-17)25-19(26)11-12-20-23-14(2)21(28-20)15-7-5-4-6-8-15/h4-10,13H,3,11-12H2,1-2H3,(H,24,25,26). The number of nitrogens with zero attached hydrogens (tertiary/aromatic N) is 2. The maximum Gasteiger partial charge on any atom is 0.226 e. The highest BCUT2D eigenvalue weighted by atomic mass is 32.1. The number of thiazole rings is 1. The summed E-state index contributed by atoms with van der Waals surface area (Å²) in [5.41, 5.74) is 2.64. The number of fused-ring (bicyclic) bond motifs is 1. The lowest BCUT2D eigenvalue weighted by atomic mass is 10.1. The van der Waals surface area contributed by atoms with E-state index in [9.17, 15) is 4.79 Å². The second kappa shape index (κ2) is 8.45. The minimum Gasteiger partial charge on any atom is -0.494 e. The Bertz CT molecular complexity index is 1130. The lowest BCUT2D eigenvalue weighted by molar-refractivity contribution is -0.116. The quantitative estimate of drug-likeness (QED) is 0.454. The van der Waals surface area contributed by atoms with Crippen LogP contribution in [0.4, 0.5) is 5.13 Å². The number of hydrogen-bond acceptors (Lipinski definition) is 6. The number of hydrogen-bond donors (Lipinski definition) is 1. The van der Waals surface area contributed by atoms with Crippen LogP contribution in [0.25, 0.3) is 21.5 Å². The van der Waals surface area contributed by atoms with Crippen LogP contribution in [0.3, 0.4) is 0 Å². The first-order chi connectivity index (χ1) is 14.1. The third-order valence-corrected chi connectivity index (χ3v) is 5.29. The van der Waals surface area contributed by atoms with Crippen LogP contribution in [-0.2, 0) is 11.2 Å². The van der Waals surface area contributed by atoms with E-state index in [0.717, 1.165) is 33.0 Å². The van der Waals surface area contributed by atoms with Crippen molar-refractivity contribution in [2.24, 2.45) is 0 Å². The number of oxazole rings is 1. The van der Waals surface area contributed by atoms with Crippen LogP contribution >= 0.6 is 11.3 Å². The van der Waals surface area contributed by atoms with Gasteiger partial charge >= 0.3 is 0 Å². The highest BCUT2D eigenvalue weighted by Crippen LogP contribution is 2.29. The number of rotatable bonds is 7. The molecule has 1 N–H and O–H groups in total. The van der Waals surface area contributed by atoms with Crippen molar-refractivity contribution in [1.29, 1.82) is 0 Å². The molecular weight excluding hydrogens is 386 g/mol. The third-order valence-electron chi connectivity index (χ3n) is 4.36. The number of aryl methyl sites for hydroxylation is 2. The van der Waals surface area contributed by atoms with Crippen molar-refractivity contribution in [2.45, 2.75) is 26.7 Å². The van der Waals surface area contributed by atoms with Crippen molar-refractivity contribution in [3.8, 4) is 17.1 Å². The Morgan fingerprint density at radius 3 is 2.79 bits per heavy atom. The number of anilines is 1. The Labute approximate surface area is 172 Å². The summed E-state index contributed by atoms with van der Waals surface area (Å²) in [4.78, 5) is 21.3. The number of amides is 1. The van der Waals surface area contributed by atoms with Gasteiger partial charge in [0.15, 0.2) is 16.8 Å². The van der Waals surface area contributed by atoms with Gasteiger partial charge in [0.1, 0.15) is 5.75 Å². The van der Waals surface area contributed by atoms with Crippen molar-refractivity contribution < 1.29 is 13.9 Å². The van der Waals surface area contributed by atoms with Gasteiger partial charge in [0.2, 0.25) is 5.91 Å². The van der Waals surface area contributed by atoms with Gasteiger partial charge in [0.05, 0.1) is 22.5 Å². The minimum absolute atomic E-state index is 0.119. The smallest absolute Gasteiger partial charge is 0.226 e. The minimum atomic E-state index is -0.119. The summed E-state index contributed by atoms with van der Waals surface area (Å²) in [6.07, 6.45) is 0.702. The van der Waals surface area contributed by atoms with E-state index >= 15 is 0 Å². The van der Waals surface area contributed by atoms with Gasteiger partial charge in [-0.2, -0.15) is 0 Å². The zero-order chi connectivity index (χ0) is 20.2. The number of carbonyl (C=O) groups excluding carboxylic acids is 1. The van der Waals surface area contributed by atoms with Crippen molar-refractivity contribution >= 4 is 32.6 Å². The fourth-order valence-corrected chi connectivity index (χ4v) is 3.94. The van der Waals surface area contributed by atoms with E-state index in [2.05, 4.69) is 15.3 Å². The predicted molar refractivity (Wildman–Crippen MR) is 114 cm³/mol. The second-order valence-electron chi connectivity index (χ2n) is 6.52. The number of aromatic nitrogens is 2. The Kier molecular flexibility index (Phi) is 5.57. The van der Waals surface area contributed by atoms with E-state index in [4.69, 9.17) is 9.15 Å². The molecule has 2 aromatic heterocycles. The summed E-state index contributed by atoms with van der Waals surface area (Å²) in [5.74, 6) is 1.99. The van der Waals surface area contributed by atoms with Crippen LogP contribution in [0.15, 0.2) is 52.9 Å². The van der Waals surface area contributed by atoms with Gasteiger partial charge in [0.25, 0.3) is 0 Å². The van der Waals surface area contributed by atoms with Gasteiger partial charge in [-0.15, -0.1) is 0 Å². The van der Waals surface area contributed by atoms with Gasteiger partial charge in [0, 0.05) is 18.4 Å². The second-order valence-corrected chi connectivity index (χ2v) is 7.55. The van der Waals surface area contributed by atoms with Crippen LogP contribution in [-0.4, -0.2) is 22.5 Å². The molecular formula is C22H21N3O3S. The van der Waals surface area contributed by atoms with Crippen LogP contribution < -0.4 is 10.1 Å². The van der Waals surface area contributed by atoms with Crippen molar-refractivity contribution in [3.05, 3.63) is 60.1 Å². The number of carbonyl (C=O) groups is 1. The summed E-state index contributed by atoms with van der Waals surface area (Å²) >= 11 is 1.43. The molecule has 4 rings (SSSR count). The molecule has 0 radical (unpaired) electrons. The molecule has 4 aromatic rings. The number of ether oxygens (including phenoxy) is 1. The predicted octanol–water partition coefficient (Wildman–Crippen LogP) is 5.23. The molecule has 0 aliphatic rings. The normalized spacial score (nSPS) is 11.0. The van der Waals surface area contributed by atoms with Gasteiger partial charge in [-0.3, -0.25) is 4.79 Å². The van der Waals surface area contributed by atoms with Gasteiger partial charge in [-0.25, -0.2) is 9.97 Å². The molecule has 6 nitrogen and oxygen atoms in total. The molecule has 0 spiro atoms. The highest BCUT2D eigenvalue weighted by Gasteiger charge is 2.14. The van der Waals surface area contributed by atoms with Crippen molar-refractivity contribution in [2.75, 3.05) is 11.9 Å². The molecule has 0 bridgehead atoms. The molecule has 0 saturated carbocycles. The van der Waals surface area contributed by atoms with Gasteiger partial charge < -0.3 is 14.5 Å². The topological polar surface area (TPSA) is 77.2 Å².